The van der Waals surface area contributed by atoms with Crippen LogP contribution in [0.15, 0.2) is 42.5 Å². The number of hydrogen-bond acceptors (Lipinski definition) is 2. The van der Waals surface area contributed by atoms with Crippen LogP contribution in [0.4, 0.5) is 11.4 Å². The molecule has 0 unspecified atom stereocenters. The first-order chi connectivity index (χ1) is 13.4. The highest BCUT2D eigenvalue weighted by molar-refractivity contribution is 5.97. The van der Waals surface area contributed by atoms with E-state index in [1.54, 1.807) is 11.8 Å². The van der Waals surface area contributed by atoms with Crippen LogP contribution in [0.5, 0.6) is 0 Å². The second-order valence-electron chi connectivity index (χ2n) is 7.87. The fourth-order valence-electron chi connectivity index (χ4n) is 4.08. The van der Waals surface area contributed by atoms with E-state index in [4.69, 9.17) is 0 Å². The number of amides is 2. The average molecular weight is 379 g/mol. The number of benzene rings is 2. The first-order valence-corrected chi connectivity index (χ1v) is 10.2. The maximum absolute atomic E-state index is 13.0. The predicted molar refractivity (Wildman–Crippen MR) is 115 cm³/mol. The Balaban J connectivity index is 1.81. The van der Waals surface area contributed by atoms with Crippen molar-refractivity contribution in [2.75, 3.05) is 22.9 Å². The molecule has 1 aliphatic rings. The predicted octanol–water partition coefficient (Wildman–Crippen LogP) is 4.84. The zero-order valence-electron chi connectivity index (χ0n) is 17.4. The lowest BCUT2D eigenvalue weighted by Crippen LogP contribution is -2.39. The smallest absolute Gasteiger partial charge is 0.228 e. The van der Waals surface area contributed by atoms with Crippen LogP contribution in [0.3, 0.4) is 0 Å². The third-order valence-corrected chi connectivity index (χ3v) is 5.50. The summed E-state index contributed by atoms with van der Waals surface area (Å²) >= 11 is 0. The van der Waals surface area contributed by atoms with Crippen LogP contribution in [-0.2, 0) is 16.0 Å². The van der Waals surface area contributed by atoms with Gasteiger partial charge in [-0.05, 0) is 48.4 Å². The van der Waals surface area contributed by atoms with Crippen molar-refractivity contribution in [1.29, 1.82) is 0 Å². The van der Waals surface area contributed by atoms with E-state index in [9.17, 15) is 9.59 Å². The third kappa shape index (κ3) is 4.11. The highest BCUT2D eigenvalue weighted by Crippen LogP contribution is 2.32. The molecule has 0 saturated carbocycles. The van der Waals surface area contributed by atoms with Crippen molar-refractivity contribution in [3.63, 3.8) is 0 Å². The molecule has 1 aliphatic heterocycles. The molecule has 0 spiro atoms. The van der Waals surface area contributed by atoms with Crippen molar-refractivity contribution in [3.05, 3.63) is 59.2 Å². The maximum Gasteiger partial charge on any atom is 0.228 e. The number of carbonyl (C=O) groups is 2. The fraction of sp³-hybridized carbons (Fsp3) is 0.417. The number of anilines is 2. The Morgan fingerprint density at radius 3 is 2.57 bits per heavy atom. The molecular weight excluding hydrogens is 348 g/mol. The molecule has 2 amide bonds. The minimum Gasteiger partial charge on any atom is -0.312 e. The topological polar surface area (TPSA) is 40.6 Å². The molecule has 0 aliphatic carbocycles. The number of aryl methyl sites for hydroxylation is 2. The molecule has 4 heteroatoms. The number of para-hydroxylation sites is 2. The molecular formula is C24H30N2O2. The third-order valence-electron chi connectivity index (χ3n) is 5.50. The van der Waals surface area contributed by atoms with E-state index in [0.717, 1.165) is 41.9 Å². The summed E-state index contributed by atoms with van der Waals surface area (Å²) in [6.45, 7) is 9.02. The van der Waals surface area contributed by atoms with Gasteiger partial charge in [-0.1, -0.05) is 50.2 Å². The molecule has 0 aromatic heterocycles. The highest BCUT2D eigenvalue weighted by atomic mass is 16.2. The van der Waals surface area contributed by atoms with Crippen LogP contribution in [0, 0.1) is 6.92 Å². The molecule has 2 aromatic rings. The lowest BCUT2D eigenvalue weighted by atomic mass is 9.97. The number of nitrogens with zero attached hydrogens (tertiary/aromatic N) is 2. The molecule has 0 fully saturated rings. The van der Waals surface area contributed by atoms with Crippen molar-refractivity contribution >= 4 is 23.2 Å². The number of carbonyl (C=O) groups excluding carboxylic acids is 2. The van der Waals surface area contributed by atoms with Crippen molar-refractivity contribution in [1.82, 2.24) is 0 Å². The van der Waals surface area contributed by atoms with Crippen molar-refractivity contribution in [2.45, 2.75) is 52.9 Å². The lowest BCUT2D eigenvalue weighted by molar-refractivity contribution is -0.118. The standard InChI is InChI=1S/C24H30N2O2/c1-17(2)21-12-7-9-18(3)24(21)25(19(4)27)16-14-23(28)26-15-8-11-20-10-5-6-13-22(20)26/h5-7,9-10,12-13,17H,8,11,14-16H2,1-4H3. The van der Waals surface area contributed by atoms with Gasteiger partial charge in [-0.25, -0.2) is 0 Å². The molecule has 0 bridgehead atoms. The summed E-state index contributed by atoms with van der Waals surface area (Å²) in [5.41, 5.74) is 5.42. The zero-order chi connectivity index (χ0) is 20.3. The van der Waals surface area contributed by atoms with Gasteiger partial charge in [-0.15, -0.1) is 0 Å². The van der Waals surface area contributed by atoms with Gasteiger partial charge in [0, 0.05) is 37.8 Å². The summed E-state index contributed by atoms with van der Waals surface area (Å²) in [5, 5.41) is 0. The highest BCUT2D eigenvalue weighted by Gasteiger charge is 2.24. The van der Waals surface area contributed by atoms with E-state index in [0.29, 0.717) is 18.9 Å². The first kappa shape index (κ1) is 20.1. The van der Waals surface area contributed by atoms with Crippen molar-refractivity contribution < 1.29 is 9.59 Å². The molecule has 0 radical (unpaired) electrons. The van der Waals surface area contributed by atoms with Crippen molar-refractivity contribution in [2.24, 2.45) is 0 Å². The van der Waals surface area contributed by atoms with Gasteiger partial charge < -0.3 is 9.80 Å². The van der Waals surface area contributed by atoms with Gasteiger partial charge in [0.25, 0.3) is 0 Å². The summed E-state index contributed by atoms with van der Waals surface area (Å²) in [6, 6.07) is 14.3. The lowest BCUT2D eigenvalue weighted by Gasteiger charge is -2.31. The van der Waals surface area contributed by atoms with Crippen LogP contribution in [0.25, 0.3) is 0 Å². The monoisotopic (exact) mass is 378 g/mol. The zero-order valence-corrected chi connectivity index (χ0v) is 17.4. The van der Waals surface area contributed by atoms with Gasteiger partial charge in [0.05, 0.1) is 0 Å². The number of hydrogen-bond donors (Lipinski definition) is 0. The molecule has 1 heterocycles. The normalized spacial score (nSPS) is 13.4. The largest absolute Gasteiger partial charge is 0.312 e. The molecule has 3 rings (SSSR count). The van der Waals surface area contributed by atoms with Crippen LogP contribution in [0.2, 0.25) is 0 Å². The van der Waals surface area contributed by atoms with E-state index < -0.39 is 0 Å². The maximum atomic E-state index is 13.0. The minimum atomic E-state index is -0.0250. The van der Waals surface area contributed by atoms with Crippen LogP contribution in [-0.4, -0.2) is 24.9 Å². The van der Waals surface area contributed by atoms with Gasteiger partial charge in [-0.2, -0.15) is 0 Å². The minimum absolute atomic E-state index is 0.0250. The van der Waals surface area contributed by atoms with Crippen LogP contribution in [0.1, 0.15) is 56.2 Å². The summed E-state index contributed by atoms with van der Waals surface area (Å²) in [5.74, 6) is 0.363. The van der Waals surface area contributed by atoms with Crippen molar-refractivity contribution in [3.8, 4) is 0 Å². The Kier molecular flexibility index (Phi) is 6.18. The molecule has 2 aromatic carbocycles. The molecule has 4 nitrogen and oxygen atoms in total. The Labute approximate surface area is 168 Å². The molecule has 0 N–H and O–H groups in total. The van der Waals surface area contributed by atoms with E-state index in [1.165, 1.54) is 5.56 Å². The van der Waals surface area contributed by atoms with Crippen LogP contribution < -0.4 is 9.80 Å². The van der Waals surface area contributed by atoms with Gasteiger partial charge in [0.1, 0.15) is 0 Å². The Morgan fingerprint density at radius 2 is 1.86 bits per heavy atom. The Hall–Kier alpha value is -2.62. The second-order valence-corrected chi connectivity index (χ2v) is 7.87. The Bertz CT molecular complexity index is 873. The van der Waals surface area contributed by atoms with Gasteiger partial charge in [0.2, 0.25) is 11.8 Å². The molecule has 0 saturated heterocycles. The summed E-state index contributed by atoms with van der Waals surface area (Å²) < 4.78 is 0. The summed E-state index contributed by atoms with van der Waals surface area (Å²) in [4.78, 5) is 29.1. The average Bonchev–Trinajstić information content (AvgIpc) is 2.68. The Morgan fingerprint density at radius 1 is 1.11 bits per heavy atom. The van der Waals surface area contributed by atoms with E-state index in [-0.39, 0.29) is 11.8 Å². The van der Waals surface area contributed by atoms with Gasteiger partial charge >= 0.3 is 0 Å². The molecule has 28 heavy (non-hydrogen) atoms. The first-order valence-electron chi connectivity index (χ1n) is 10.2. The molecule has 148 valence electrons. The SMILES string of the molecule is CC(=O)N(CCC(=O)N1CCCc2ccccc21)c1c(C)cccc1C(C)C. The van der Waals surface area contributed by atoms with E-state index >= 15 is 0 Å². The molecule has 0 atom stereocenters. The quantitative estimate of drug-likeness (QED) is 0.747. The van der Waals surface area contributed by atoms with E-state index in [1.807, 2.05) is 42.2 Å². The van der Waals surface area contributed by atoms with Gasteiger partial charge in [0.15, 0.2) is 0 Å². The summed E-state index contributed by atoms with van der Waals surface area (Å²) in [7, 11) is 0. The summed E-state index contributed by atoms with van der Waals surface area (Å²) in [6.07, 6.45) is 2.31. The number of fused-ring (bicyclic) bond motifs is 1. The van der Waals surface area contributed by atoms with Gasteiger partial charge in [-0.3, -0.25) is 9.59 Å². The fourth-order valence-corrected chi connectivity index (χ4v) is 4.08. The number of rotatable bonds is 5. The second kappa shape index (κ2) is 8.59. The van der Waals surface area contributed by atoms with E-state index in [2.05, 4.69) is 26.0 Å². The van der Waals surface area contributed by atoms with Crippen LogP contribution >= 0.6 is 0 Å².